The van der Waals surface area contributed by atoms with Crippen molar-refractivity contribution in [3.8, 4) is 23.0 Å². The molecule has 0 amide bonds. The second-order valence-electron chi connectivity index (χ2n) is 12.6. The van der Waals surface area contributed by atoms with Crippen molar-refractivity contribution in [2.75, 3.05) is 19.8 Å². The Morgan fingerprint density at radius 1 is 0.529 bits per heavy atom. The van der Waals surface area contributed by atoms with E-state index in [0.717, 1.165) is 77.0 Å². The highest BCUT2D eigenvalue weighted by molar-refractivity contribution is 5.97. The van der Waals surface area contributed by atoms with Crippen molar-refractivity contribution < 1.29 is 38.1 Å². The van der Waals surface area contributed by atoms with Crippen LogP contribution in [0.25, 0.3) is 0 Å². The highest BCUT2D eigenvalue weighted by Crippen LogP contribution is 2.28. The standard InChI is InChI=1S/C43H56O8/c1-4-7-10-13-14-15-16-19-32-49-43(46)39-33-38(50-41(44)34-20-24-36(25-21-34)47-30-17-11-8-5-2)28-29-40(39)51-42(45)35-22-26-37(27-23-35)48-31-18-12-9-6-3/h4,20-29,33H,1,5-19,30-32H2,2-3H3. The molecule has 8 heteroatoms. The van der Waals surface area contributed by atoms with Gasteiger partial charge in [-0.05, 0) is 98.8 Å². The number of benzene rings is 3. The predicted molar refractivity (Wildman–Crippen MR) is 201 cm³/mol. The fourth-order valence-corrected chi connectivity index (χ4v) is 5.30. The molecule has 0 aromatic heterocycles. The summed E-state index contributed by atoms with van der Waals surface area (Å²) in [6.07, 6.45) is 17.9. The Bertz CT molecular complexity index is 1460. The first-order valence-electron chi connectivity index (χ1n) is 18.8. The molecule has 3 aromatic carbocycles. The molecule has 0 bridgehead atoms. The van der Waals surface area contributed by atoms with Crippen LogP contribution in [0, 0.1) is 0 Å². The van der Waals surface area contributed by atoms with Gasteiger partial charge in [0.2, 0.25) is 0 Å². The van der Waals surface area contributed by atoms with Gasteiger partial charge in [-0.1, -0.05) is 84.1 Å². The molecule has 0 spiro atoms. The number of carbonyl (C=O) groups is 3. The Labute approximate surface area is 304 Å². The molecule has 0 saturated carbocycles. The molecule has 0 atom stereocenters. The van der Waals surface area contributed by atoms with E-state index in [9.17, 15) is 14.4 Å². The number of unbranched alkanes of at least 4 members (excludes halogenated alkanes) is 12. The Hall–Kier alpha value is -4.59. The summed E-state index contributed by atoms with van der Waals surface area (Å²) >= 11 is 0. The number of rotatable bonds is 26. The molecule has 0 N–H and O–H groups in total. The van der Waals surface area contributed by atoms with Gasteiger partial charge in [-0.3, -0.25) is 0 Å². The van der Waals surface area contributed by atoms with Crippen LogP contribution in [-0.2, 0) is 4.74 Å². The molecule has 0 aliphatic heterocycles. The lowest BCUT2D eigenvalue weighted by molar-refractivity contribution is 0.0490. The summed E-state index contributed by atoms with van der Waals surface area (Å²) in [6, 6.07) is 17.7. The van der Waals surface area contributed by atoms with Gasteiger partial charge in [-0.2, -0.15) is 0 Å². The fourth-order valence-electron chi connectivity index (χ4n) is 5.30. The van der Waals surface area contributed by atoms with Gasteiger partial charge in [0.25, 0.3) is 0 Å². The van der Waals surface area contributed by atoms with Crippen molar-refractivity contribution in [1.29, 1.82) is 0 Å². The summed E-state index contributed by atoms with van der Waals surface area (Å²) in [6.45, 7) is 9.54. The second kappa shape index (κ2) is 24.5. The van der Waals surface area contributed by atoms with E-state index in [1.165, 1.54) is 31.0 Å². The molecular formula is C43H56O8. The maximum atomic E-state index is 13.3. The normalized spacial score (nSPS) is 10.7. The highest BCUT2D eigenvalue weighted by atomic mass is 16.6. The Balaban J connectivity index is 1.65. The zero-order chi connectivity index (χ0) is 36.5. The average molecular weight is 701 g/mol. The van der Waals surface area contributed by atoms with Gasteiger partial charge in [0.1, 0.15) is 28.6 Å². The largest absolute Gasteiger partial charge is 0.494 e. The number of hydrogen-bond donors (Lipinski definition) is 0. The van der Waals surface area contributed by atoms with Crippen molar-refractivity contribution in [2.45, 2.75) is 110 Å². The van der Waals surface area contributed by atoms with Gasteiger partial charge < -0.3 is 23.7 Å². The summed E-state index contributed by atoms with van der Waals surface area (Å²) in [4.78, 5) is 39.4. The van der Waals surface area contributed by atoms with Crippen LogP contribution in [0.2, 0.25) is 0 Å². The smallest absolute Gasteiger partial charge is 0.343 e. The summed E-state index contributed by atoms with van der Waals surface area (Å²) in [5.41, 5.74) is 0.604. The van der Waals surface area contributed by atoms with Crippen LogP contribution < -0.4 is 18.9 Å². The van der Waals surface area contributed by atoms with Crippen molar-refractivity contribution in [3.63, 3.8) is 0 Å². The van der Waals surface area contributed by atoms with E-state index >= 15 is 0 Å². The minimum Gasteiger partial charge on any atom is -0.494 e. The first-order chi connectivity index (χ1) is 24.9. The van der Waals surface area contributed by atoms with E-state index in [0.29, 0.717) is 42.3 Å². The third kappa shape index (κ3) is 15.9. The molecule has 3 rings (SSSR count). The highest BCUT2D eigenvalue weighted by Gasteiger charge is 2.21. The average Bonchev–Trinajstić information content (AvgIpc) is 3.15. The molecule has 0 heterocycles. The lowest BCUT2D eigenvalue weighted by Crippen LogP contribution is -2.14. The molecule has 3 aromatic rings. The lowest BCUT2D eigenvalue weighted by atomic mass is 10.1. The SMILES string of the molecule is C=CCCCCCCCCOC(=O)c1cc(OC(=O)c2ccc(OCCCCCC)cc2)ccc1OC(=O)c1ccc(OCCCCCC)cc1. The van der Waals surface area contributed by atoms with Crippen molar-refractivity contribution in [2.24, 2.45) is 0 Å². The van der Waals surface area contributed by atoms with E-state index in [4.69, 9.17) is 23.7 Å². The van der Waals surface area contributed by atoms with Gasteiger partial charge in [-0.15, -0.1) is 6.58 Å². The van der Waals surface area contributed by atoms with Gasteiger partial charge in [0.05, 0.1) is 30.9 Å². The summed E-state index contributed by atoms with van der Waals surface area (Å²) in [7, 11) is 0. The molecule has 51 heavy (non-hydrogen) atoms. The molecule has 0 fully saturated rings. The molecule has 0 saturated heterocycles. The Morgan fingerprint density at radius 2 is 1.00 bits per heavy atom. The molecule has 0 unspecified atom stereocenters. The quantitative estimate of drug-likeness (QED) is 0.0353. The summed E-state index contributed by atoms with van der Waals surface area (Å²) < 4.78 is 28.4. The first kappa shape index (κ1) is 40.8. The number of ether oxygens (including phenoxy) is 5. The third-order valence-corrected chi connectivity index (χ3v) is 8.33. The van der Waals surface area contributed by atoms with E-state index in [2.05, 4.69) is 20.4 Å². The lowest BCUT2D eigenvalue weighted by Gasteiger charge is -2.13. The van der Waals surface area contributed by atoms with Crippen molar-refractivity contribution in [1.82, 2.24) is 0 Å². The number of carbonyl (C=O) groups excluding carboxylic acids is 3. The van der Waals surface area contributed by atoms with E-state index in [1.54, 1.807) is 48.5 Å². The van der Waals surface area contributed by atoms with Gasteiger partial charge >= 0.3 is 17.9 Å². The summed E-state index contributed by atoms with van der Waals surface area (Å²) in [5, 5.41) is 0. The minimum absolute atomic E-state index is 0.00343. The van der Waals surface area contributed by atoms with E-state index < -0.39 is 17.9 Å². The van der Waals surface area contributed by atoms with Crippen LogP contribution in [0.1, 0.15) is 141 Å². The topological polar surface area (TPSA) is 97.4 Å². The molecule has 0 aliphatic rings. The zero-order valence-electron chi connectivity index (χ0n) is 30.6. The molecule has 276 valence electrons. The molecule has 0 radical (unpaired) electrons. The van der Waals surface area contributed by atoms with Gasteiger partial charge in [0, 0.05) is 0 Å². The summed E-state index contributed by atoms with van der Waals surface area (Å²) in [5.74, 6) is -0.460. The maximum Gasteiger partial charge on any atom is 0.343 e. The molecule has 0 aliphatic carbocycles. The number of hydrogen-bond acceptors (Lipinski definition) is 8. The second-order valence-corrected chi connectivity index (χ2v) is 12.6. The van der Waals surface area contributed by atoms with Crippen LogP contribution in [0.5, 0.6) is 23.0 Å². The molecular weight excluding hydrogens is 644 g/mol. The minimum atomic E-state index is -0.672. The van der Waals surface area contributed by atoms with Crippen LogP contribution >= 0.6 is 0 Å². The maximum absolute atomic E-state index is 13.3. The number of allylic oxidation sites excluding steroid dienone is 1. The van der Waals surface area contributed by atoms with Crippen LogP contribution in [0.4, 0.5) is 0 Å². The van der Waals surface area contributed by atoms with Crippen molar-refractivity contribution in [3.05, 3.63) is 96.1 Å². The fraction of sp³-hybridized carbons (Fsp3) is 0.465. The van der Waals surface area contributed by atoms with Crippen LogP contribution in [-0.4, -0.2) is 37.7 Å². The third-order valence-electron chi connectivity index (χ3n) is 8.33. The monoisotopic (exact) mass is 700 g/mol. The van der Waals surface area contributed by atoms with Gasteiger partial charge in [0.15, 0.2) is 0 Å². The van der Waals surface area contributed by atoms with Gasteiger partial charge in [-0.25, -0.2) is 14.4 Å². The first-order valence-corrected chi connectivity index (χ1v) is 18.8. The van der Waals surface area contributed by atoms with Crippen LogP contribution in [0.15, 0.2) is 79.4 Å². The van der Waals surface area contributed by atoms with E-state index in [-0.39, 0.29) is 23.7 Å². The predicted octanol–water partition coefficient (Wildman–Crippen LogP) is 11.1. The van der Waals surface area contributed by atoms with Crippen LogP contribution in [0.3, 0.4) is 0 Å². The molecule has 8 nitrogen and oxygen atoms in total. The zero-order valence-corrected chi connectivity index (χ0v) is 30.6. The Morgan fingerprint density at radius 3 is 1.55 bits per heavy atom. The van der Waals surface area contributed by atoms with E-state index in [1.807, 2.05) is 6.08 Å². The Kier molecular flexibility index (Phi) is 19.7. The number of esters is 3. The van der Waals surface area contributed by atoms with Crippen molar-refractivity contribution >= 4 is 17.9 Å².